The van der Waals surface area contributed by atoms with Gasteiger partial charge >= 0.3 is 12.1 Å². The van der Waals surface area contributed by atoms with Gasteiger partial charge in [0.25, 0.3) is 0 Å². The minimum absolute atomic E-state index is 0.115. The fraction of sp³-hybridized carbons (Fsp3) is 0.421. The average Bonchev–Trinajstić information content (AvgIpc) is 3.35. The van der Waals surface area contributed by atoms with Crippen LogP contribution >= 0.6 is 0 Å². The highest BCUT2D eigenvalue weighted by molar-refractivity contribution is 5.68. The van der Waals surface area contributed by atoms with Crippen LogP contribution in [0.3, 0.4) is 0 Å². The second kappa shape index (κ2) is 6.92. The zero-order valence-corrected chi connectivity index (χ0v) is 14.4. The molecule has 1 aliphatic carbocycles. The first-order valence-electron chi connectivity index (χ1n) is 8.72. The van der Waals surface area contributed by atoms with Crippen molar-refractivity contribution in [2.24, 2.45) is 5.41 Å². The highest BCUT2D eigenvalue weighted by Gasteiger charge is 2.43. The van der Waals surface area contributed by atoms with Gasteiger partial charge in [-0.1, -0.05) is 30.3 Å². The maximum absolute atomic E-state index is 12.3. The summed E-state index contributed by atoms with van der Waals surface area (Å²) in [6.07, 6.45) is 3.26. The summed E-state index contributed by atoms with van der Waals surface area (Å²) in [5.74, 6) is 0. The van der Waals surface area contributed by atoms with Crippen molar-refractivity contribution in [3.8, 4) is 6.01 Å². The van der Waals surface area contributed by atoms with Crippen molar-refractivity contribution in [3.05, 3.63) is 53.3 Å². The van der Waals surface area contributed by atoms with Gasteiger partial charge in [0.15, 0.2) is 0 Å². The largest absolute Gasteiger partial charge is 0.463 e. The molecule has 0 unspecified atom stereocenters. The van der Waals surface area contributed by atoms with Crippen molar-refractivity contribution < 1.29 is 19.4 Å². The van der Waals surface area contributed by atoms with E-state index >= 15 is 0 Å². The number of aliphatic hydroxyl groups is 1. The highest BCUT2D eigenvalue weighted by atomic mass is 16.6. The van der Waals surface area contributed by atoms with E-state index in [9.17, 15) is 9.90 Å². The lowest BCUT2D eigenvalue weighted by molar-refractivity contribution is 0.0952. The molecule has 1 aromatic carbocycles. The zero-order valence-electron chi connectivity index (χ0n) is 14.4. The molecule has 0 atom stereocenters. The molecule has 2 aromatic rings. The number of amides is 1. The first-order chi connectivity index (χ1) is 12.7. The molecular formula is C19H21N3O4. The van der Waals surface area contributed by atoms with Crippen LogP contribution in [0.4, 0.5) is 4.79 Å². The summed E-state index contributed by atoms with van der Waals surface area (Å²) in [5.41, 5.74) is 2.51. The Hall–Kier alpha value is -2.67. The quantitative estimate of drug-likeness (QED) is 0.856. The number of carbonyl (C=O) groups excluding carboxylic acids is 1. The number of benzene rings is 1. The molecule has 1 aromatic heterocycles. The van der Waals surface area contributed by atoms with Crippen LogP contribution < -0.4 is 4.74 Å². The monoisotopic (exact) mass is 355 g/mol. The van der Waals surface area contributed by atoms with E-state index in [2.05, 4.69) is 9.97 Å². The Kier molecular flexibility index (Phi) is 4.46. The molecule has 1 amide bonds. The molecule has 0 radical (unpaired) electrons. The van der Waals surface area contributed by atoms with Crippen LogP contribution in [0.25, 0.3) is 0 Å². The lowest BCUT2D eigenvalue weighted by atomic mass is 10.1. The molecule has 1 fully saturated rings. The van der Waals surface area contributed by atoms with Crippen LogP contribution in [0.5, 0.6) is 6.01 Å². The topological polar surface area (TPSA) is 84.8 Å². The van der Waals surface area contributed by atoms with Crippen molar-refractivity contribution >= 4 is 6.09 Å². The number of aromatic nitrogens is 2. The SMILES string of the molecule is O=C(OCc1ccccc1)N1Cc2cnc(OCC3(CO)CC3)nc2C1. The third-order valence-corrected chi connectivity index (χ3v) is 4.90. The Morgan fingerprint density at radius 3 is 2.77 bits per heavy atom. The van der Waals surface area contributed by atoms with Gasteiger partial charge in [0.2, 0.25) is 0 Å². The second-order valence-electron chi connectivity index (χ2n) is 6.97. The van der Waals surface area contributed by atoms with Crippen LogP contribution in [0.2, 0.25) is 0 Å². The minimum Gasteiger partial charge on any atom is -0.463 e. The zero-order chi connectivity index (χ0) is 18.0. The molecule has 2 aliphatic rings. The van der Waals surface area contributed by atoms with E-state index in [1.165, 1.54) is 0 Å². The predicted molar refractivity (Wildman–Crippen MR) is 92.2 cm³/mol. The van der Waals surface area contributed by atoms with Crippen molar-refractivity contribution in [2.75, 3.05) is 13.2 Å². The van der Waals surface area contributed by atoms with Gasteiger partial charge in [0.1, 0.15) is 6.61 Å². The fourth-order valence-electron chi connectivity index (χ4n) is 2.89. The standard InChI is InChI=1S/C19H21N3O4/c23-12-19(6-7-19)13-26-17-20-8-15-9-22(10-16(15)21-17)18(24)25-11-14-4-2-1-3-5-14/h1-5,8,23H,6-7,9-13H2. The summed E-state index contributed by atoms with van der Waals surface area (Å²) in [5, 5.41) is 9.34. The number of rotatable bonds is 6. The predicted octanol–water partition coefficient (Wildman–Crippen LogP) is 2.28. The van der Waals surface area contributed by atoms with E-state index in [-0.39, 0.29) is 24.7 Å². The van der Waals surface area contributed by atoms with Crippen molar-refractivity contribution in [2.45, 2.75) is 32.5 Å². The highest BCUT2D eigenvalue weighted by Crippen LogP contribution is 2.45. The van der Waals surface area contributed by atoms with Crippen LogP contribution in [0.1, 0.15) is 29.7 Å². The number of aliphatic hydroxyl groups excluding tert-OH is 1. The summed E-state index contributed by atoms with van der Waals surface area (Å²) in [4.78, 5) is 22.5. The third kappa shape index (κ3) is 3.62. The second-order valence-corrected chi connectivity index (χ2v) is 6.97. The smallest absolute Gasteiger partial charge is 0.410 e. The number of carbonyl (C=O) groups is 1. The molecule has 7 nitrogen and oxygen atoms in total. The normalized spacial score (nSPS) is 16.9. The van der Waals surface area contributed by atoms with Crippen molar-refractivity contribution in [1.29, 1.82) is 0 Å². The number of hydrogen-bond acceptors (Lipinski definition) is 6. The first-order valence-corrected chi connectivity index (χ1v) is 8.72. The van der Waals surface area contributed by atoms with Gasteiger partial charge in [-0.15, -0.1) is 0 Å². The Morgan fingerprint density at radius 1 is 1.23 bits per heavy atom. The average molecular weight is 355 g/mol. The maximum Gasteiger partial charge on any atom is 0.410 e. The van der Waals surface area contributed by atoms with E-state index in [4.69, 9.17) is 9.47 Å². The Morgan fingerprint density at radius 2 is 2.04 bits per heavy atom. The van der Waals surface area contributed by atoms with Crippen molar-refractivity contribution in [3.63, 3.8) is 0 Å². The first kappa shape index (κ1) is 16.8. The van der Waals surface area contributed by atoms with Crippen LogP contribution in [0.15, 0.2) is 36.5 Å². The van der Waals surface area contributed by atoms with Crippen LogP contribution in [0, 0.1) is 5.41 Å². The molecule has 0 saturated heterocycles. The number of fused-ring (bicyclic) bond motifs is 1. The Bertz CT molecular complexity index is 793. The summed E-state index contributed by atoms with van der Waals surface area (Å²) in [6.45, 7) is 1.61. The van der Waals surface area contributed by atoms with Gasteiger partial charge in [0, 0.05) is 17.2 Å². The number of hydrogen-bond donors (Lipinski definition) is 1. The Balaban J connectivity index is 1.32. The molecule has 2 heterocycles. The molecule has 26 heavy (non-hydrogen) atoms. The molecule has 1 aliphatic heterocycles. The van der Waals surface area contributed by atoms with Gasteiger partial charge in [0.05, 0.1) is 32.0 Å². The molecule has 1 saturated carbocycles. The van der Waals surface area contributed by atoms with Gasteiger partial charge in [-0.2, -0.15) is 4.98 Å². The minimum atomic E-state index is -0.369. The van der Waals surface area contributed by atoms with E-state index in [1.807, 2.05) is 30.3 Å². The summed E-state index contributed by atoms with van der Waals surface area (Å²) in [7, 11) is 0. The van der Waals surface area contributed by atoms with E-state index < -0.39 is 0 Å². The van der Waals surface area contributed by atoms with E-state index in [1.54, 1.807) is 11.1 Å². The molecule has 0 spiro atoms. The maximum atomic E-state index is 12.3. The van der Waals surface area contributed by atoms with Crippen molar-refractivity contribution in [1.82, 2.24) is 14.9 Å². The molecule has 136 valence electrons. The summed E-state index contributed by atoms with van der Waals surface area (Å²) in [6, 6.07) is 9.87. The lowest BCUT2D eigenvalue weighted by Crippen LogP contribution is -2.26. The van der Waals surface area contributed by atoms with E-state index in [0.717, 1.165) is 29.7 Å². The van der Waals surface area contributed by atoms with Crippen LogP contribution in [-0.2, 0) is 24.4 Å². The molecule has 0 bridgehead atoms. The molecule has 1 N–H and O–H groups in total. The van der Waals surface area contributed by atoms with Crippen LogP contribution in [-0.4, -0.2) is 39.3 Å². The van der Waals surface area contributed by atoms with Gasteiger partial charge in [-0.3, -0.25) is 4.90 Å². The number of ether oxygens (including phenoxy) is 2. The summed E-state index contributed by atoms with van der Waals surface area (Å²) < 4.78 is 11.0. The molecule has 4 rings (SSSR count). The van der Waals surface area contributed by atoms with Gasteiger partial charge in [-0.25, -0.2) is 9.78 Å². The van der Waals surface area contributed by atoms with Gasteiger partial charge in [-0.05, 0) is 18.4 Å². The fourth-order valence-corrected chi connectivity index (χ4v) is 2.89. The Labute approximate surface area is 151 Å². The van der Waals surface area contributed by atoms with E-state index in [0.29, 0.717) is 25.7 Å². The summed E-state index contributed by atoms with van der Waals surface area (Å²) >= 11 is 0. The third-order valence-electron chi connectivity index (χ3n) is 4.90. The molecular weight excluding hydrogens is 334 g/mol. The lowest BCUT2D eigenvalue weighted by Gasteiger charge is -2.14. The van der Waals surface area contributed by atoms with Gasteiger partial charge < -0.3 is 14.6 Å². The molecule has 7 heteroatoms. The number of nitrogens with zero attached hydrogens (tertiary/aromatic N) is 3.